The van der Waals surface area contributed by atoms with Crippen LogP contribution in [0.25, 0.3) is 11.3 Å². The Morgan fingerprint density at radius 1 is 1.55 bits per heavy atom. The number of aromatic nitrogens is 3. The molecule has 3 heterocycles. The zero-order chi connectivity index (χ0) is 15.5. The predicted octanol–water partition coefficient (Wildman–Crippen LogP) is 1.91. The minimum absolute atomic E-state index is 0.0219. The number of carbonyl (C=O) groups is 1. The maximum atomic E-state index is 12.5. The van der Waals surface area contributed by atoms with Gasteiger partial charge in [0.1, 0.15) is 5.69 Å². The summed E-state index contributed by atoms with van der Waals surface area (Å²) < 4.78 is 7.42. The van der Waals surface area contributed by atoms with Crippen LogP contribution >= 0.6 is 0 Å². The quantitative estimate of drug-likeness (QED) is 0.917. The summed E-state index contributed by atoms with van der Waals surface area (Å²) in [4.78, 5) is 14.4. The van der Waals surface area contributed by atoms with Crippen molar-refractivity contribution in [3.05, 3.63) is 30.2 Å². The Kier molecular flexibility index (Phi) is 4.29. The van der Waals surface area contributed by atoms with Crippen molar-refractivity contribution in [3.8, 4) is 11.3 Å². The summed E-state index contributed by atoms with van der Waals surface area (Å²) in [5.74, 6) is 0.467. The Hall–Kier alpha value is -2.08. The highest BCUT2D eigenvalue weighted by atomic mass is 16.5. The van der Waals surface area contributed by atoms with Crippen LogP contribution in [0.15, 0.2) is 24.5 Å². The van der Waals surface area contributed by atoms with Crippen molar-refractivity contribution in [2.24, 2.45) is 13.0 Å². The van der Waals surface area contributed by atoms with Crippen LogP contribution in [0, 0.1) is 5.92 Å². The number of nitrogens with one attached hydrogen (secondary N) is 1. The van der Waals surface area contributed by atoms with E-state index in [2.05, 4.69) is 10.2 Å². The van der Waals surface area contributed by atoms with E-state index in [4.69, 9.17) is 4.74 Å². The molecule has 0 unspecified atom stereocenters. The van der Waals surface area contributed by atoms with Crippen LogP contribution in [0.4, 0.5) is 0 Å². The summed E-state index contributed by atoms with van der Waals surface area (Å²) in [6.07, 6.45) is 4.95. The van der Waals surface area contributed by atoms with Gasteiger partial charge in [0.25, 0.3) is 5.91 Å². The Labute approximate surface area is 130 Å². The van der Waals surface area contributed by atoms with E-state index in [-0.39, 0.29) is 5.91 Å². The number of hydrogen-bond donors (Lipinski definition) is 1. The fraction of sp³-hybridized carbons (Fsp3) is 0.500. The van der Waals surface area contributed by atoms with Gasteiger partial charge in [0.2, 0.25) is 0 Å². The Morgan fingerprint density at radius 2 is 2.41 bits per heavy atom. The van der Waals surface area contributed by atoms with E-state index in [0.717, 1.165) is 44.0 Å². The van der Waals surface area contributed by atoms with Crippen molar-refractivity contribution < 1.29 is 9.53 Å². The summed E-state index contributed by atoms with van der Waals surface area (Å²) >= 11 is 0. The Morgan fingerprint density at radius 3 is 3.14 bits per heavy atom. The minimum Gasteiger partial charge on any atom is -0.381 e. The molecule has 1 atom stereocenters. The molecular weight excluding hydrogens is 280 g/mol. The van der Waals surface area contributed by atoms with E-state index in [1.165, 1.54) is 0 Å². The Balaban J connectivity index is 1.65. The number of carbonyl (C=O) groups excluding carboxylic acids is 1. The number of hydrogen-bond acceptors (Lipinski definition) is 3. The second-order valence-electron chi connectivity index (χ2n) is 5.80. The molecule has 0 aliphatic carbocycles. The molecule has 1 amide bonds. The van der Waals surface area contributed by atoms with E-state index in [9.17, 15) is 4.79 Å². The zero-order valence-corrected chi connectivity index (χ0v) is 13.1. The lowest BCUT2D eigenvalue weighted by Gasteiger charge is -2.15. The lowest BCUT2D eigenvalue weighted by molar-refractivity contribution is 0.0757. The third-order valence-electron chi connectivity index (χ3n) is 4.07. The maximum absolute atomic E-state index is 12.5. The molecule has 0 radical (unpaired) electrons. The topological polar surface area (TPSA) is 63.1 Å². The molecule has 22 heavy (non-hydrogen) atoms. The molecule has 2 aromatic heterocycles. The van der Waals surface area contributed by atoms with Gasteiger partial charge in [-0.15, -0.1) is 0 Å². The third kappa shape index (κ3) is 3.06. The zero-order valence-electron chi connectivity index (χ0n) is 13.1. The van der Waals surface area contributed by atoms with Crippen LogP contribution in [0.1, 0.15) is 23.8 Å². The van der Waals surface area contributed by atoms with Gasteiger partial charge in [0.05, 0.1) is 12.3 Å². The number of amides is 1. The molecular formula is C16H22N4O2. The predicted molar refractivity (Wildman–Crippen MR) is 83.5 cm³/mol. The van der Waals surface area contributed by atoms with Gasteiger partial charge in [-0.3, -0.25) is 9.89 Å². The molecule has 0 saturated carbocycles. The average Bonchev–Trinajstić information content (AvgIpc) is 3.24. The highest BCUT2D eigenvalue weighted by molar-refractivity contribution is 5.93. The second kappa shape index (κ2) is 6.36. The second-order valence-corrected chi connectivity index (χ2v) is 5.80. The molecule has 0 bridgehead atoms. The summed E-state index contributed by atoms with van der Waals surface area (Å²) in [6.45, 7) is 5.01. The summed E-state index contributed by atoms with van der Waals surface area (Å²) in [5.41, 5.74) is 2.36. The number of aromatic amines is 1. The van der Waals surface area contributed by atoms with Crippen LogP contribution in [-0.2, 0) is 11.8 Å². The van der Waals surface area contributed by atoms with Gasteiger partial charge in [-0.25, -0.2) is 0 Å². The van der Waals surface area contributed by atoms with Crippen LogP contribution in [0.2, 0.25) is 0 Å². The van der Waals surface area contributed by atoms with Crippen molar-refractivity contribution in [3.63, 3.8) is 0 Å². The first-order valence-electron chi connectivity index (χ1n) is 7.72. The van der Waals surface area contributed by atoms with E-state index in [0.29, 0.717) is 11.6 Å². The molecule has 1 N–H and O–H groups in total. The molecule has 118 valence electrons. The summed E-state index contributed by atoms with van der Waals surface area (Å²) in [6, 6.07) is 3.81. The fourth-order valence-electron chi connectivity index (χ4n) is 2.84. The normalized spacial score (nSPS) is 18.1. The number of likely N-dealkylation sites (tertiary alicyclic amines) is 1. The van der Waals surface area contributed by atoms with Crippen LogP contribution < -0.4 is 0 Å². The number of H-pyrrole nitrogens is 1. The standard InChI is InChI=1S/C16H22N4O2/c1-3-22-11-12-4-7-20(9-12)16(21)15-8-14(17-18-15)13-5-6-19(2)10-13/h5-6,8,10,12H,3-4,7,9,11H2,1-2H3,(H,17,18)/t12-/m1/s1. The largest absolute Gasteiger partial charge is 0.381 e. The van der Waals surface area contributed by atoms with Crippen molar-refractivity contribution in [1.82, 2.24) is 19.7 Å². The van der Waals surface area contributed by atoms with Gasteiger partial charge >= 0.3 is 0 Å². The third-order valence-corrected chi connectivity index (χ3v) is 4.07. The number of rotatable bonds is 5. The van der Waals surface area contributed by atoms with Crippen molar-refractivity contribution >= 4 is 5.91 Å². The summed E-state index contributed by atoms with van der Waals surface area (Å²) in [7, 11) is 1.96. The molecule has 6 heteroatoms. The Bertz CT molecular complexity index is 646. The molecule has 6 nitrogen and oxygen atoms in total. The van der Waals surface area contributed by atoms with Crippen molar-refractivity contribution in [2.75, 3.05) is 26.3 Å². The highest BCUT2D eigenvalue weighted by Gasteiger charge is 2.28. The molecule has 1 aliphatic heterocycles. The van der Waals surface area contributed by atoms with E-state index >= 15 is 0 Å². The maximum Gasteiger partial charge on any atom is 0.271 e. The highest BCUT2D eigenvalue weighted by Crippen LogP contribution is 2.21. The molecule has 2 aromatic rings. The van der Waals surface area contributed by atoms with Gasteiger partial charge in [-0.05, 0) is 25.5 Å². The summed E-state index contributed by atoms with van der Waals surface area (Å²) in [5, 5.41) is 7.12. The molecule has 3 rings (SSSR count). The average molecular weight is 302 g/mol. The first kappa shape index (κ1) is 14.8. The molecule has 1 fully saturated rings. The van der Waals surface area contributed by atoms with Gasteiger partial charge in [-0.1, -0.05) is 0 Å². The smallest absolute Gasteiger partial charge is 0.271 e. The molecule has 1 aliphatic rings. The molecule has 1 saturated heterocycles. The lowest BCUT2D eigenvalue weighted by Crippen LogP contribution is -2.29. The van der Waals surface area contributed by atoms with Gasteiger partial charge in [0, 0.05) is 50.6 Å². The van der Waals surface area contributed by atoms with Gasteiger partial charge in [-0.2, -0.15) is 5.10 Å². The monoisotopic (exact) mass is 302 g/mol. The van der Waals surface area contributed by atoms with E-state index < -0.39 is 0 Å². The lowest BCUT2D eigenvalue weighted by atomic mass is 10.1. The number of ether oxygens (including phenoxy) is 1. The first-order valence-corrected chi connectivity index (χ1v) is 7.72. The SMILES string of the molecule is CCOC[C@@H]1CCN(C(=O)c2cc(-c3ccn(C)c3)n[nH]2)C1. The number of aryl methyl sites for hydroxylation is 1. The molecule has 0 spiro atoms. The number of nitrogens with zero attached hydrogens (tertiary/aromatic N) is 3. The van der Waals surface area contributed by atoms with Gasteiger partial charge in [0.15, 0.2) is 0 Å². The van der Waals surface area contributed by atoms with Crippen molar-refractivity contribution in [1.29, 1.82) is 0 Å². The van der Waals surface area contributed by atoms with Gasteiger partial charge < -0.3 is 14.2 Å². The molecule has 0 aromatic carbocycles. The first-order chi connectivity index (χ1) is 10.7. The van der Waals surface area contributed by atoms with E-state index in [1.807, 2.05) is 48.0 Å². The van der Waals surface area contributed by atoms with Crippen LogP contribution in [0.5, 0.6) is 0 Å². The van der Waals surface area contributed by atoms with Crippen LogP contribution in [-0.4, -0.2) is 51.9 Å². The van der Waals surface area contributed by atoms with Crippen molar-refractivity contribution in [2.45, 2.75) is 13.3 Å². The van der Waals surface area contributed by atoms with E-state index in [1.54, 1.807) is 0 Å². The fourth-order valence-corrected chi connectivity index (χ4v) is 2.84. The van der Waals surface area contributed by atoms with Crippen LogP contribution in [0.3, 0.4) is 0 Å². The minimum atomic E-state index is 0.0219.